The van der Waals surface area contributed by atoms with Crippen molar-refractivity contribution >= 4 is 50.3 Å². The number of sulfonamides is 1. The second kappa shape index (κ2) is 15.5. The molecule has 3 N–H and O–H groups in total. The number of rotatable bonds is 8. The maximum absolute atomic E-state index is 14.9. The van der Waals surface area contributed by atoms with Gasteiger partial charge in [0.05, 0.1) is 24.1 Å². The van der Waals surface area contributed by atoms with Gasteiger partial charge >= 0.3 is 6.09 Å². The number of nitrogens with zero attached hydrogens (tertiary/aromatic N) is 3. The smallest absolute Gasteiger partial charge is 0.408 e. The Morgan fingerprint density at radius 1 is 1.03 bits per heavy atom. The van der Waals surface area contributed by atoms with Crippen LogP contribution in [0.3, 0.4) is 0 Å². The van der Waals surface area contributed by atoms with E-state index < -0.39 is 62.6 Å². The van der Waals surface area contributed by atoms with Crippen molar-refractivity contribution in [3.63, 3.8) is 0 Å². The number of fused-ring (bicyclic) bond motifs is 6. The molecule has 3 aliphatic heterocycles. The maximum Gasteiger partial charge on any atom is 0.408 e. The molecule has 9 atom stereocenters. The van der Waals surface area contributed by atoms with Crippen molar-refractivity contribution in [3.05, 3.63) is 36.5 Å². The predicted molar refractivity (Wildman–Crippen MR) is 218 cm³/mol. The third kappa shape index (κ3) is 8.05. The first-order chi connectivity index (χ1) is 28.3. The van der Waals surface area contributed by atoms with Crippen molar-refractivity contribution < 1.29 is 41.8 Å². The van der Waals surface area contributed by atoms with Gasteiger partial charge in [0.25, 0.3) is 5.91 Å². The van der Waals surface area contributed by atoms with Gasteiger partial charge in [0, 0.05) is 42.4 Å². The molecule has 4 amide bonds. The first kappa shape index (κ1) is 39.8. The second-order valence-electron chi connectivity index (χ2n) is 18.5. The predicted octanol–water partition coefficient (Wildman–Crippen LogP) is 4.05. The summed E-state index contributed by atoms with van der Waals surface area (Å²) in [6.07, 6.45) is 11.1. The summed E-state index contributed by atoms with van der Waals surface area (Å²) < 4.78 is 46.5. The number of alkyl carbamates (subject to hydrolysis) is 1. The number of pyridine rings is 1. The minimum absolute atomic E-state index is 0.130. The van der Waals surface area contributed by atoms with Crippen LogP contribution in [0.2, 0.25) is 0 Å². The lowest BCUT2D eigenvalue weighted by Crippen LogP contribution is -2.59. The molecule has 59 heavy (non-hydrogen) atoms. The van der Waals surface area contributed by atoms with E-state index in [9.17, 15) is 27.6 Å². The van der Waals surface area contributed by atoms with E-state index in [1.165, 1.54) is 11.3 Å². The lowest BCUT2D eigenvalue weighted by molar-refractivity contribution is -0.142. The summed E-state index contributed by atoms with van der Waals surface area (Å²) in [6, 6.07) is 3.83. The maximum atomic E-state index is 14.9. The molecule has 0 spiro atoms. The lowest BCUT2D eigenvalue weighted by Gasteiger charge is -2.33. The number of carbonyl (C=O) groups excluding carboxylic acids is 4. The summed E-state index contributed by atoms with van der Waals surface area (Å²) >= 11 is 0. The van der Waals surface area contributed by atoms with Gasteiger partial charge < -0.3 is 34.6 Å². The first-order valence-electron chi connectivity index (χ1n) is 21.5. The second-order valence-corrected chi connectivity index (χ2v) is 20.4. The van der Waals surface area contributed by atoms with E-state index >= 15 is 0 Å². The van der Waals surface area contributed by atoms with Crippen LogP contribution < -0.4 is 29.7 Å². The number of amides is 4. The van der Waals surface area contributed by atoms with Crippen LogP contribution in [0.5, 0.6) is 11.6 Å². The molecule has 9 rings (SSSR count). The fourth-order valence-electron chi connectivity index (χ4n) is 10.1. The van der Waals surface area contributed by atoms with Crippen LogP contribution in [0.4, 0.5) is 10.5 Å². The average molecular weight is 833 g/mol. The molecular formula is C43H56N6O9S. The monoisotopic (exact) mass is 832 g/mol. The van der Waals surface area contributed by atoms with E-state index in [0.717, 1.165) is 48.0 Å². The van der Waals surface area contributed by atoms with Crippen LogP contribution in [0.25, 0.3) is 10.8 Å². The van der Waals surface area contributed by atoms with Crippen molar-refractivity contribution in [3.8, 4) is 11.6 Å². The topological polar surface area (TPSA) is 186 Å². The molecule has 5 fully saturated rings. The van der Waals surface area contributed by atoms with Crippen LogP contribution in [0.15, 0.2) is 36.5 Å². The Hall–Kier alpha value is -4.60. The molecule has 2 aromatic rings. The molecule has 318 valence electrons. The molecule has 4 aliphatic carbocycles. The van der Waals surface area contributed by atoms with Gasteiger partial charge in [-0.3, -0.25) is 19.1 Å². The van der Waals surface area contributed by atoms with Gasteiger partial charge in [-0.2, -0.15) is 0 Å². The van der Waals surface area contributed by atoms with E-state index in [1.54, 1.807) is 6.20 Å². The van der Waals surface area contributed by atoms with E-state index in [1.807, 2.05) is 44.3 Å². The fourth-order valence-corrected chi connectivity index (χ4v) is 11.4. The highest BCUT2D eigenvalue weighted by Gasteiger charge is 2.62. The standard InChI is InChI=1S/C43H56N6O9S/c1-24-6-4-5-7-29-21-43(29,41(52)47-59(54,55)31-8-9-31)46-38(50)35-17-26(23-57-39-33-10-11-34-37(32(33)12-13-44-39)56-15-14-48(34)3)22-49(35)40(51)36(25(2)16-24)45-42(53)58-30-19-27-18-28(27)20-30/h5,7,10-13,24-31,35-36H,4,6,8-9,14-23H2,1-3H3,(H,45,53)(H,46,50)(H,47,52). The normalized spacial score (nSPS) is 34.2. The molecule has 0 bridgehead atoms. The minimum atomic E-state index is -3.89. The number of hydrogen-bond acceptors (Lipinski definition) is 11. The van der Waals surface area contributed by atoms with Crippen molar-refractivity contribution in [2.24, 2.45) is 35.5 Å². The molecule has 4 heterocycles. The fraction of sp³-hybridized carbons (Fsp3) is 0.651. The Balaban J connectivity index is 0.993. The lowest BCUT2D eigenvalue weighted by atomic mass is 9.88. The summed E-state index contributed by atoms with van der Waals surface area (Å²) in [5.41, 5.74) is -0.505. The molecular weight excluding hydrogens is 777 g/mol. The number of nitrogens with one attached hydrogen (secondary N) is 3. The van der Waals surface area contributed by atoms with Crippen LogP contribution >= 0.6 is 0 Å². The van der Waals surface area contributed by atoms with Crippen molar-refractivity contribution in [2.45, 2.75) is 107 Å². The summed E-state index contributed by atoms with van der Waals surface area (Å²) in [7, 11) is -1.87. The van der Waals surface area contributed by atoms with Gasteiger partial charge in [-0.15, -0.1) is 0 Å². The van der Waals surface area contributed by atoms with Gasteiger partial charge in [0.2, 0.25) is 27.7 Å². The van der Waals surface area contributed by atoms with Gasteiger partial charge in [0.15, 0.2) is 5.75 Å². The minimum Gasteiger partial charge on any atom is -0.489 e. The SMILES string of the molecule is CC1CCC=CC2CC2(C(=O)NS(=O)(=O)C2CC2)NC(=O)C2CC(COc3nccc4c5c(ccc34)N(C)CCO5)CN2C(=O)C(NC(=O)OC2CC3CC3C2)C(C)C1. The molecule has 16 heteroatoms. The Kier molecular flexibility index (Phi) is 10.4. The highest BCUT2D eigenvalue weighted by molar-refractivity contribution is 7.91. The van der Waals surface area contributed by atoms with E-state index in [-0.39, 0.29) is 49.9 Å². The van der Waals surface area contributed by atoms with Gasteiger partial charge in [-0.1, -0.05) is 26.0 Å². The number of aromatic nitrogens is 1. The first-order valence-corrected chi connectivity index (χ1v) is 23.0. The number of likely N-dealkylation sites (N-methyl/N-ethyl adjacent to an activating group) is 1. The zero-order chi connectivity index (χ0) is 41.2. The molecule has 15 nitrogen and oxygen atoms in total. The molecule has 0 radical (unpaired) electrons. The van der Waals surface area contributed by atoms with E-state index in [4.69, 9.17) is 14.2 Å². The summed E-state index contributed by atoms with van der Waals surface area (Å²) in [5.74, 6) is -0.198. The van der Waals surface area contributed by atoms with Crippen molar-refractivity contribution in [1.82, 2.24) is 25.2 Å². The Labute approximate surface area is 345 Å². The highest BCUT2D eigenvalue weighted by atomic mass is 32.2. The van der Waals surface area contributed by atoms with Gasteiger partial charge in [-0.25, -0.2) is 18.2 Å². The van der Waals surface area contributed by atoms with Crippen LogP contribution in [0, 0.1) is 35.5 Å². The molecule has 1 aromatic heterocycles. The summed E-state index contributed by atoms with van der Waals surface area (Å²) in [6.45, 7) is 5.67. The number of carbonyl (C=O) groups is 4. The molecule has 1 saturated heterocycles. The van der Waals surface area contributed by atoms with Crippen LogP contribution in [-0.4, -0.2) is 104 Å². The van der Waals surface area contributed by atoms with Crippen molar-refractivity contribution in [1.29, 1.82) is 0 Å². The quantitative estimate of drug-likeness (QED) is 0.326. The zero-order valence-electron chi connectivity index (χ0n) is 34.1. The van der Waals surface area contributed by atoms with Gasteiger partial charge in [0.1, 0.15) is 30.3 Å². The highest BCUT2D eigenvalue weighted by Crippen LogP contribution is 2.52. The number of benzene rings is 1. The number of allylic oxidation sites excluding steroid dienone is 1. The Morgan fingerprint density at radius 2 is 1.83 bits per heavy atom. The summed E-state index contributed by atoms with van der Waals surface area (Å²) in [4.78, 5) is 65.0. The number of hydrogen-bond donors (Lipinski definition) is 3. The van der Waals surface area contributed by atoms with Crippen molar-refractivity contribution in [2.75, 3.05) is 38.3 Å². The number of anilines is 1. The average Bonchev–Trinajstić information content (AvgIpc) is 4.16. The third-order valence-corrected chi connectivity index (χ3v) is 15.7. The van der Waals surface area contributed by atoms with Gasteiger partial charge in [-0.05, 0) is 106 Å². The molecule has 1 aromatic carbocycles. The molecule has 9 unspecified atom stereocenters. The third-order valence-electron chi connectivity index (χ3n) is 13.9. The Bertz CT molecular complexity index is 2150. The van der Waals surface area contributed by atoms with E-state index in [2.05, 4.69) is 32.2 Å². The zero-order valence-corrected chi connectivity index (χ0v) is 34.9. The molecule has 7 aliphatic rings. The van der Waals surface area contributed by atoms with Crippen LogP contribution in [0.1, 0.15) is 78.1 Å². The Morgan fingerprint density at radius 3 is 2.61 bits per heavy atom. The van der Waals surface area contributed by atoms with E-state index in [0.29, 0.717) is 50.0 Å². The summed E-state index contributed by atoms with van der Waals surface area (Å²) in [5, 5.41) is 6.91. The largest absolute Gasteiger partial charge is 0.489 e. The van der Waals surface area contributed by atoms with Crippen LogP contribution in [-0.2, 0) is 29.1 Å². The molecule has 4 saturated carbocycles. The number of ether oxygens (including phenoxy) is 3.